The number of hydrogen-bond donors (Lipinski definition) is 0. The first-order valence-corrected chi connectivity index (χ1v) is 6.14. The molecule has 0 spiro atoms. The lowest BCUT2D eigenvalue weighted by Gasteiger charge is -2.02. The average Bonchev–Trinajstić information content (AvgIpc) is 2.48. The second kappa shape index (κ2) is 10.6. The molecule has 0 fully saturated rings. The molecule has 4 heteroatoms. The molecule has 0 aliphatic rings. The van der Waals surface area contributed by atoms with Crippen LogP contribution < -0.4 is 0 Å². The van der Waals surface area contributed by atoms with Crippen molar-refractivity contribution in [3.8, 4) is 0 Å². The zero-order chi connectivity index (χ0) is 15.4. The lowest BCUT2D eigenvalue weighted by Crippen LogP contribution is -2.05. The van der Waals surface area contributed by atoms with E-state index in [2.05, 4.69) is 22.6 Å². The number of carbonyl (C=O) groups excluding carboxylic acids is 2. The first-order chi connectivity index (χ1) is 9.54. The van der Waals surface area contributed by atoms with Gasteiger partial charge in [0.25, 0.3) is 0 Å². The molecule has 0 N–H and O–H groups in total. The van der Waals surface area contributed by atoms with Gasteiger partial charge in [-0.05, 0) is 12.5 Å². The fourth-order valence-electron chi connectivity index (χ4n) is 1.26. The van der Waals surface area contributed by atoms with E-state index in [0.717, 1.165) is 11.6 Å². The highest BCUT2D eigenvalue weighted by Crippen LogP contribution is 2.06. The van der Waals surface area contributed by atoms with Gasteiger partial charge in [-0.15, -0.1) is 0 Å². The maximum atomic E-state index is 11.0. The van der Waals surface area contributed by atoms with Gasteiger partial charge in [-0.1, -0.05) is 43.5 Å². The maximum Gasteiger partial charge on any atom is 0.333 e. The van der Waals surface area contributed by atoms with E-state index < -0.39 is 0 Å². The number of methoxy groups -OCH3 is 1. The summed E-state index contributed by atoms with van der Waals surface area (Å²) >= 11 is 0. The lowest BCUT2D eigenvalue weighted by molar-refractivity contribution is -0.137. The second-order valence-corrected chi connectivity index (χ2v) is 3.71. The van der Waals surface area contributed by atoms with E-state index >= 15 is 0 Å². The largest absolute Gasteiger partial charge is 0.466 e. The van der Waals surface area contributed by atoms with Crippen molar-refractivity contribution in [1.82, 2.24) is 0 Å². The number of esters is 2. The highest BCUT2D eigenvalue weighted by Gasteiger charge is 2.06. The maximum absolute atomic E-state index is 11.0. The Morgan fingerprint density at radius 3 is 2.25 bits per heavy atom. The monoisotopic (exact) mass is 276 g/mol. The molecular formula is C16H20O4. The van der Waals surface area contributed by atoms with Gasteiger partial charge in [0.1, 0.15) is 0 Å². The zero-order valence-corrected chi connectivity index (χ0v) is 11.9. The Bertz CT molecular complexity index is 449. The van der Waals surface area contributed by atoms with Gasteiger partial charge in [0.2, 0.25) is 0 Å². The van der Waals surface area contributed by atoms with Crippen LogP contribution in [0.4, 0.5) is 0 Å². The van der Waals surface area contributed by atoms with Gasteiger partial charge < -0.3 is 9.47 Å². The molecule has 1 aromatic carbocycles. The Labute approximate surface area is 119 Å². The number of carbonyl (C=O) groups is 2. The van der Waals surface area contributed by atoms with Crippen molar-refractivity contribution >= 4 is 11.9 Å². The highest BCUT2D eigenvalue weighted by molar-refractivity contribution is 5.88. The zero-order valence-electron chi connectivity index (χ0n) is 11.9. The Morgan fingerprint density at radius 2 is 1.85 bits per heavy atom. The summed E-state index contributed by atoms with van der Waals surface area (Å²) in [5.41, 5.74) is 1.55. The minimum absolute atomic E-state index is 0.344. The third-order valence-corrected chi connectivity index (χ3v) is 2.19. The van der Waals surface area contributed by atoms with Crippen LogP contribution in [-0.2, 0) is 25.5 Å². The predicted octanol–water partition coefficient (Wildman–Crippen LogP) is 2.69. The van der Waals surface area contributed by atoms with E-state index in [4.69, 9.17) is 0 Å². The quantitative estimate of drug-likeness (QED) is 0.613. The Kier molecular flexibility index (Phi) is 9.31. The van der Waals surface area contributed by atoms with Gasteiger partial charge in [-0.25, -0.2) is 9.59 Å². The molecule has 108 valence electrons. The summed E-state index contributed by atoms with van der Waals surface area (Å²) in [5.74, 6) is -0.702. The van der Waals surface area contributed by atoms with Crippen molar-refractivity contribution in [2.45, 2.75) is 13.3 Å². The van der Waals surface area contributed by atoms with Crippen LogP contribution in [0.25, 0.3) is 0 Å². The summed E-state index contributed by atoms with van der Waals surface area (Å²) in [5, 5.41) is 0. The van der Waals surface area contributed by atoms with E-state index in [9.17, 15) is 9.59 Å². The van der Waals surface area contributed by atoms with Crippen LogP contribution in [0.5, 0.6) is 0 Å². The van der Waals surface area contributed by atoms with E-state index in [1.807, 2.05) is 30.3 Å². The molecule has 0 aliphatic heterocycles. The number of hydrogen-bond acceptors (Lipinski definition) is 4. The molecule has 0 radical (unpaired) electrons. The predicted molar refractivity (Wildman–Crippen MR) is 78.1 cm³/mol. The van der Waals surface area contributed by atoms with E-state index in [1.54, 1.807) is 6.92 Å². The van der Waals surface area contributed by atoms with Crippen molar-refractivity contribution in [3.63, 3.8) is 0 Å². The molecule has 0 aliphatic carbocycles. The van der Waals surface area contributed by atoms with Gasteiger partial charge in [-0.3, -0.25) is 0 Å². The van der Waals surface area contributed by atoms with Crippen molar-refractivity contribution in [1.29, 1.82) is 0 Å². The molecule has 0 amide bonds. The van der Waals surface area contributed by atoms with Crippen molar-refractivity contribution in [2.24, 2.45) is 0 Å². The minimum atomic E-state index is -0.359. The van der Waals surface area contributed by atoms with Gasteiger partial charge in [0.05, 0.1) is 13.7 Å². The topological polar surface area (TPSA) is 52.6 Å². The highest BCUT2D eigenvalue weighted by atomic mass is 16.5. The van der Waals surface area contributed by atoms with E-state index in [-0.39, 0.29) is 11.9 Å². The third-order valence-electron chi connectivity index (χ3n) is 2.19. The Hall–Kier alpha value is -2.36. The van der Waals surface area contributed by atoms with Crippen LogP contribution in [0.2, 0.25) is 0 Å². The molecule has 0 aromatic heterocycles. The van der Waals surface area contributed by atoms with Crippen LogP contribution in [-0.4, -0.2) is 25.7 Å². The van der Waals surface area contributed by atoms with Gasteiger partial charge >= 0.3 is 11.9 Å². The molecule has 0 saturated heterocycles. The molecule has 0 bridgehead atoms. The summed E-state index contributed by atoms with van der Waals surface area (Å²) < 4.78 is 8.98. The van der Waals surface area contributed by atoms with Crippen molar-refractivity contribution < 1.29 is 19.1 Å². The fourth-order valence-corrected chi connectivity index (χ4v) is 1.26. The minimum Gasteiger partial charge on any atom is -0.466 e. The molecule has 4 nitrogen and oxygen atoms in total. The van der Waals surface area contributed by atoms with Crippen LogP contribution in [0, 0.1) is 0 Å². The molecule has 0 unspecified atom stereocenters. The standard InChI is InChI=1S/C11H12O2.C5H8O2/c1-9(11(12)13-2)8-10-6-4-3-5-7-10;1-3-5(6)7-4-2/h3-7H,1,8H2,2H3;3H,1,4H2,2H3. The molecule has 1 aromatic rings. The van der Waals surface area contributed by atoms with Crippen LogP contribution in [0.3, 0.4) is 0 Å². The summed E-state index contributed by atoms with van der Waals surface area (Å²) in [7, 11) is 1.36. The first kappa shape index (κ1) is 17.6. The third kappa shape index (κ3) is 7.87. The number of ether oxygens (including phenoxy) is 2. The normalized spacial score (nSPS) is 8.70. The summed E-state index contributed by atoms with van der Waals surface area (Å²) in [6.45, 7) is 9.02. The summed E-state index contributed by atoms with van der Waals surface area (Å²) in [4.78, 5) is 21.1. The molecule has 0 heterocycles. The van der Waals surface area contributed by atoms with Crippen LogP contribution >= 0.6 is 0 Å². The molecule has 0 atom stereocenters. The van der Waals surface area contributed by atoms with Crippen LogP contribution in [0.15, 0.2) is 55.1 Å². The smallest absolute Gasteiger partial charge is 0.333 e. The average molecular weight is 276 g/mol. The van der Waals surface area contributed by atoms with Gasteiger partial charge in [-0.2, -0.15) is 0 Å². The second-order valence-electron chi connectivity index (χ2n) is 3.71. The van der Waals surface area contributed by atoms with Gasteiger partial charge in [0.15, 0.2) is 0 Å². The Balaban J connectivity index is 0.000000441. The van der Waals surface area contributed by atoms with Gasteiger partial charge in [0, 0.05) is 18.1 Å². The molecular weight excluding hydrogens is 256 g/mol. The van der Waals surface area contributed by atoms with Crippen molar-refractivity contribution in [2.75, 3.05) is 13.7 Å². The van der Waals surface area contributed by atoms with Crippen LogP contribution in [0.1, 0.15) is 12.5 Å². The Morgan fingerprint density at radius 1 is 1.25 bits per heavy atom. The summed E-state index contributed by atoms with van der Waals surface area (Å²) in [6, 6.07) is 9.70. The SMILES string of the molecule is C=C(Cc1ccccc1)C(=O)OC.C=CC(=O)OCC. The summed E-state index contributed by atoms with van der Waals surface area (Å²) in [6.07, 6.45) is 1.69. The lowest BCUT2D eigenvalue weighted by atomic mass is 10.1. The molecule has 0 saturated carbocycles. The van der Waals surface area contributed by atoms with E-state index in [0.29, 0.717) is 18.6 Å². The van der Waals surface area contributed by atoms with Crippen molar-refractivity contribution in [3.05, 3.63) is 60.7 Å². The molecule has 20 heavy (non-hydrogen) atoms. The molecule has 1 rings (SSSR count). The number of benzene rings is 1. The first-order valence-electron chi connectivity index (χ1n) is 6.14. The van der Waals surface area contributed by atoms with E-state index in [1.165, 1.54) is 7.11 Å². The number of rotatable bonds is 5. The fraction of sp³-hybridized carbons (Fsp3) is 0.250.